The summed E-state index contributed by atoms with van der Waals surface area (Å²) in [5, 5.41) is 9.59. The van der Waals surface area contributed by atoms with Gasteiger partial charge in [-0.15, -0.1) is 0 Å². The highest BCUT2D eigenvalue weighted by atomic mass is 16.5. The van der Waals surface area contributed by atoms with E-state index in [9.17, 15) is 4.79 Å². The van der Waals surface area contributed by atoms with Crippen molar-refractivity contribution in [1.82, 2.24) is 20.8 Å². The summed E-state index contributed by atoms with van der Waals surface area (Å²) in [4.78, 5) is 15.5. The van der Waals surface area contributed by atoms with Gasteiger partial charge in [-0.05, 0) is 12.8 Å². The second-order valence-corrected chi connectivity index (χ2v) is 4.43. The number of carbonyl (C=O) groups is 1. The highest BCUT2D eigenvalue weighted by Crippen LogP contribution is 1.99. The first-order valence-electron chi connectivity index (χ1n) is 5.78. The van der Waals surface area contributed by atoms with Gasteiger partial charge in [0.25, 0.3) is 0 Å². The first kappa shape index (κ1) is 13.6. The predicted molar refractivity (Wildman–Crippen MR) is 63.2 cm³/mol. The Hall–Kier alpha value is -1.43. The number of nitrogens with zero attached hydrogens (tertiary/aromatic N) is 2. The van der Waals surface area contributed by atoms with E-state index in [1.165, 1.54) is 0 Å². The largest absolute Gasteiger partial charge is 0.352 e. The molecule has 0 spiro atoms. The minimum atomic E-state index is -0.0218. The van der Waals surface area contributed by atoms with Crippen LogP contribution in [0.4, 0.5) is 0 Å². The molecule has 1 amide bonds. The van der Waals surface area contributed by atoms with Crippen molar-refractivity contribution in [3.05, 3.63) is 11.7 Å². The van der Waals surface area contributed by atoms with E-state index < -0.39 is 0 Å². The third-order valence-electron chi connectivity index (χ3n) is 2.53. The SMILES string of the molecule is Cc1nc(CNCC(=O)NC(C)C(C)C)no1. The summed E-state index contributed by atoms with van der Waals surface area (Å²) in [6.45, 7) is 8.55. The van der Waals surface area contributed by atoms with Crippen LogP contribution in [0.2, 0.25) is 0 Å². The minimum absolute atomic E-state index is 0.0218. The Balaban J connectivity index is 2.20. The standard InChI is InChI=1S/C11H20N4O2/c1-7(2)8(3)13-11(16)6-12-5-10-14-9(4)17-15-10/h7-8,12H,5-6H2,1-4H3,(H,13,16). The molecule has 0 aliphatic heterocycles. The molecule has 1 aromatic rings. The fourth-order valence-corrected chi connectivity index (χ4v) is 1.17. The molecule has 1 atom stereocenters. The number of aromatic nitrogens is 2. The van der Waals surface area contributed by atoms with Gasteiger partial charge in [0.15, 0.2) is 5.82 Å². The van der Waals surface area contributed by atoms with Gasteiger partial charge >= 0.3 is 0 Å². The van der Waals surface area contributed by atoms with Gasteiger partial charge in [0.1, 0.15) is 0 Å². The van der Waals surface area contributed by atoms with Crippen LogP contribution in [0.3, 0.4) is 0 Å². The van der Waals surface area contributed by atoms with Crippen LogP contribution in [0, 0.1) is 12.8 Å². The molecule has 0 saturated heterocycles. The van der Waals surface area contributed by atoms with Gasteiger partial charge < -0.3 is 15.2 Å². The monoisotopic (exact) mass is 240 g/mol. The Bertz CT molecular complexity index is 362. The summed E-state index contributed by atoms with van der Waals surface area (Å²) >= 11 is 0. The lowest BCUT2D eigenvalue weighted by Gasteiger charge is -2.17. The van der Waals surface area contributed by atoms with Gasteiger partial charge in [0.05, 0.1) is 13.1 Å². The molecule has 0 fully saturated rings. The summed E-state index contributed by atoms with van der Waals surface area (Å²) in [6.07, 6.45) is 0. The molecule has 6 nitrogen and oxygen atoms in total. The Morgan fingerprint density at radius 3 is 2.65 bits per heavy atom. The van der Waals surface area contributed by atoms with Gasteiger partial charge in [-0.25, -0.2) is 0 Å². The fourth-order valence-electron chi connectivity index (χ4n) is 1.17. The molecule has 0 aliphatic carbocycles. The van der Waals surface area contributed by atoms with E-state index in [1.54, 1.807) is 6.92 Å². The molecule has 1 rings (SSSR count). The van der Waals surface area contributed by atoms with E-state index in [4.69, 9.17) is 4.52 Å². The normalized spacial score (nSPS) is 12.8. The lowest BCUT2D eigenvalue weighted by Crippen LogP contribution is -2.41. The van der Waals surface area contributed by atoms with Gasteiger partial charge in [0.2, 0.25) is 11.8 Å². The van der Waals surface area contributed by atoms with Crippen LogP contribution in [0.15, 0.2) is 4.52 Å². The quantitative estimate of drug-likeness (QED) is 0.762. The molecule has 1 heterocycles. The molecule has 2 N–H and O–H groups in total. The highest BCUT2D eigenvalue weighted by molar-refractivity contribution is 5.78. The number of amides is 1. The average molecular weight is 240 g/mol. The zero-order valence-electron chi connectivity index (χ0n) is 10.8. The summed E-state index contributed by atoms with van der Waals surface area (Å²) in [6, 6.07) is 0.178. The Labute approximate surface area is 101 Å². The van der Waals surface area contributed by atoms with Crippen LogP contribution in [0.5, 0.6) is 0 Å². The van der Waals surface area contributed by atoms with Gasteiger partial charge in [-0.3, -0.25) is 4.79 Å². The Morgan fingerprint density at radius 1 is 1.41 bits per heavy atom. The molecular weight excluding hydrogens is 220 g/mol. The van der Waals surface area contributed by atoms with Crippen molar-refractivity contribution in [3.8, 4) is 0 Å². The average Bonchev–Trinajstić information content (AvgIpc) is 2.64. The van der Waals surface area contributed by atoms with Gasteiger partial charge in [-0.1, -0.05) is 19.0 Å². The lowest BCUT2D eigenvalue weighted by molar-refractivity contribution is -0.121. The second-order valence-electron chi connectivity index (χ2n) is 4.43. The van der Waals surface area contributed by atoms with Crippen molar-refractivity contribution in [2.45, 2.75) is 40.3 Å². The Kier molecular flexibility index (Phi) is 5.09. The van der Waals surface area contributed by atoms with E-state index in [2.05, 4.69) is 34.6 Å². The summed E-state index contributed by atoms with van der Waals surface area (Å²) in [5.74, 6) is 1.50. The predicted octanol–water partition coefficient (Wildman–Crippen LogP) is 0.628. The van der Waals surface area contributed by atoms with Crippen molar-refractivity contribution in [1.29, 1.82) is 0 Å². The molecule has 17 heavy (non-hydrogen) atoms. The van der Waals surface area contributed by atoms with E-state index >= 15 is 0 Å². The zero-order valence-corrected chi connectivity index (χ0v) is 10.8. The number of rotatable bonds is 6. The number of hydrogen-bond acceptors (Lipinski definition) is 5. The van der Waals surface area contributed by atoms with E-state index in [1.807, 2.05) is 6.92 Å². The van der Waals surface area contributed by atoms with Crippen LogP contribution in [-0.4, -0.2) is 28.6 Å². The summed E-state index contributed by atoms with van der Waals surface area (Å²) in [5.41, 5.74) is 0. The second kappa shape index (κ2) is 6.34. The topological polar surface area (TPSA) is 80.0 Å². The number of aryl methyl sites for hydroxylation is 1. The zero-order chi connectivity index (χ0) is 12.8. The summed E-state index contributed by atoms with van der Waals surface area (Å²) in [7, 11) is 0. The van der Waals surface area contributed by atoms with Crippen LogP contribution in [-0.2, 0) is 11.3 Å². The summed E-state index contributed by atoms with van der Waals surface area (Å²) < 4.78 is 4.82. The molecule has 1 unspecified atom stereocenters. The maximum Gasteiger partial charge on any atom is 0.234 e. The maximum absolute atomic E-state index is 11.5. The molecule has 6 heteroatoms. The third kappa shape index (κ3) is 4.95. The first-order valence-corrected chi connectivity index (χ1v) is 5.78. The van der Waals surface area contributed by atoms with Crippen molar-refractivity contribution >= 4 is 5.91 Å². The van der Waals surface area contributed by atoms with E-state index in [-0.39, 0.29) is 18.5 Å². The number of nitrogens with one attached hydrogen (secondary N) is 2. The van der Waals surface area contributed by atoms with Crippen LogP contribution >= 0.6 is 0 Å². The minimum Gasteiger partial charge on any atom is -0.352 e. The molecule has 0 radical (unpaired) electrons. The Morgan fingerprint density at radius 2 is 2.12 bits per heavy atom. The van der Waals surface area contributed by atoms with Crippen molar-refractivity contribution in [3.63, 3.8) is 0 Å². The van der Waals surface area contributed by atoms with Gasteiger partial charge in [0, 0.05) is 13.0 Å². The third-order valence-corrected chi connectivity index (χ3v) is 2.53. The molecule has 0 bridgehead atoms. The van der Waals surface area contributed by atoms with Crippen LogP contribution in [0.1, 0.15) is 32.5 Å². The lowest BCUT2D eigenvalue weighted by atomic mass is 10.1. The molecule has 96 valence electrons. The smallest absolute Gasteiger partial charge is 0.234 e. The fraction of sp³-hybridized carbons (Fsp3) is 0.727. The number of hydrogen-bond donors (Lipinski definition) is 2. The maximum atomic E-state index is 11.5. The van der Waals surface area contributed by atoms with E-state index in [0.717, 1.165) is 0 Å². The molecule has 0 saturated carbocycles. The van der Waals surface area contributed by atoms with Crippen molar-refractivity contribution < 1.29 is 9.32 Å². The first-order chi connectivity index (χ1) is 7.99. The molecule has 1 aromatic heterocycles. The van der Waals surface area contributed by atoms with Crippen LogP contribution in [0.25, 0.3) is 0 Å². The van der Waals surface area contributed by atoms with Crippen molar-refractivity contribution in [2.24, 2.45) is 5.92 Å². The molecular formula is C11H20N4O2. The number of carbonyl (C=O) groups excluding carboxylic acids is 1. The highest BCUT2D eigenvalue weighted by Gasteiger charge is 2.10. The van der Waals surface area contributed by atoms with Crippen molar-refractivity contribution in [2.75, 3.05) is 6.54 Å². The van der Waals surface area contributed by atoms with Crippen LogP contribution < -0.4 is 10.6 Å². The molecule has 0 aliphatic rings. The van der Waals surface area contributed by atoms with Gasteiger partial charge in [-0.2, -0.15) is 4.98 Å². The molecule has 0 aromatic carbocycles. The van der Waals surface area contributed by atoms with E-state index in [0.29, 0.717) is 24.2 Å².